The number of halogens is 2. The van der Waals surface area contributed by atoms with Gasteiger partial charge in [0.05, 0.1) is 10.7 Å². The van der Waals surface area contributed by atoms with Crippen LogP contribution in [-0.4, -0.2) is 16.5 Å². The second-order valence-corrected chi connectivity index (χ2v) is 4.86. The summed E-state index contributed by atoms with van der Waals surface area (Å²) < 4.78 is 13.5. The Bertz CT molecular complexity index is 602. The van der Waals surface area contributed by atoms with Gasteiger partial charge >= 0.3 is 0 Å². The summed E-state index contributed by atoms with van der Waals surface area (Å²) in [5, 5.41) is 3.71. The number of hydrogen-bond acceptors (Lipinski definition) is 3. The third-order valence-electron chi connectivity index (χ3n) is 2.97. The zero-order valence-corrected chi connectivity index (χ0v) is 12.3. The number of anilines is 1. The lowest BCUT2D eigenvalue weighted by molar-refractivity contribution is 0.628. The maximum Gasteiger partial charge on any atom is 0.133 e. The Morgan fingerprint density at radius 1 is 1.25 bits per heavy atom. The van der Waals surface area contributed by atoms with Gasteiger partial charge in [-0.15, -0.1) is 0 Å². The first-order chi connectivity index (χ1) is 9.67. The van der Waals surface area contributed by atoms with Crippen molar-refractivity contribution in [1.82, 2.24) is 9.97 Å². The SMILES string of the molecule is CCCc1c(NCC)ncnc1-c1cc(F)ccc1Cl. The molecule has 1 aromatic carbocycles. The minimum atomic E-state index is -0.324. The van der Waals surface area contributed by atoms with Crippen LogP contribution in [0.1, 0.15) is 25.8 Å². The minimum absolute atomic E-state index is 0.324. The molecule has 0 saturated carbocycles. The molecule has 0 atom stereocenters. The van der Waals surface area contributed by atoms with Crippen LogP contribution in [0.3, 0.4) is 0 Å². The molecule has 0 saturated heterocycles. The Morgan fingerprint density at radius 3 is 2.75 bits per heavy atom. The zero-order valence-electron chi connectivity index (χ0n) is 11.6. The van der Waals surface area contributed by atoms with Gasteiger partial charge in [0.15, 0.2) is 0 Å². The monoisotopic (exact) mass is 293 g/mol. The van der Waals surface area contributed by atoms with E-state index in [1.165, 1.54) is 18.5 Å². The van der Waals surface area contributed by atoms with E-state index >= 15 is 0 Å². The molecule has 1 N–H and O–H groups in total. The van der Waals surface area contributed by atoms with E-state index in [9.17, 15) is 4.39 Å². The van der Waals surface area contributed by atoms with Gasteiger partial charge in [-0.2, -0.15) is 0 Å². The Labute approximate surface area is 123 Å². The van der Waals surface area contributed by atoms with Crippen LogP contribution in [0.4, 0.5) is 10.2 Å². The fraction of sp³-hybridized carbons (Fsp3) is 0.333. The van der Waals surface area contributed by atoms with Crippen molar-refractivity contribution >= 4 is 17.4 Å². The van der Waals surface area contributed by atoms with E-state index in [2.05, 4.69) is 22.2 Å². The average Bonchev–Trinajstić information content (AvgIpc) is 2.44. The normalized spacial score (nSPS) is 10.6. The zero-order chi connectivity index (χ0) is 14.5. The van der Waals surface area contributed by atoms with Crippen LogP contribution in [0.15, 0.2) is 24.5 Å². The molecule has 0 aliphatic carbocycles. The highest BCUT2D eigenvalue weighted by molar-refractivity contribution is 6.33. The Hall–Kier alpha value is -1.68. The molecule has 0 amide bonds. The Morgan fingerprint density at radius 2 is 2.05 bits per heavy atom. The molecule has 0 aliphatic heterocycles. The van der Waals surface area contributed by atoms with Crippen LogP contribution in [-0.2, 0) is 6.42 Å². The molecule has 0 radical (unpaired) electrons. The predicted molar refractivity (Wildman–Crippen MR) is 80.6 cm³/mol. The fourth-order valence-corrected chi connectivity index (χ4v) is 2.34. The van der Waals surface area contributed by atoms with Gasteiger partial charge < -0.3 is 5.32 Å². The lowest BCUT2D eigenvalue weighted by atomic mass is 10.0. The molecule has 106 valence electrons. The Kier molecular flexibility index (Phi) is 4.90. The van der Waals surface area contributed by atoms with E-state index in [4.69, 9.17) is 11.6 Å². The summed E-state index contributed by atoms with van der Waals surface area (Å²) >= 11 is 6.18. The van der Waals surface area contributed by atoms with Crippen LogP contribution in [0.5, 0.6) is 0 Å². The summed E-state index contributed by atoms with van der Waals surface area (Å²) in [7, 11) is 0. The number of hydrogen-bond donors (Lipinski definition) is 1. The quantitative estimate of drug-likeness (QED) is 0.892. The van der Waals surface area contributed by atoms with E-state index in [0.717, 1.165) is 30.8 Å². The topological polar surface area (TPSA) is 37.8 Å². The lowest BCUT2D eigenvalue weighted by Crippen LogP contribution is -2.06. The molecule has 1 heterocycles. The van der Waals surface area contributed by atoms with Crippen molar-refractivity contribution in [3.8, 4) is 11.3 Å². The molecule has 20 heavy (non-hydrogen) atoms. The summed E-state index contributed by atoms with van der Waals surface area (Å²) in [6.07, 6.45) is 3.24. The van der Waals surface area contributed by atoms with Crippen molar-refractivity contribution in [1.29, 1.82) is 0 Å². The number of rotatable bonds is 5. The van der Waals surface area contributed by atoms with Crippen molar-refractivity contribution < 1.29 is 4.39 Å². The first-order valence-electron chi connectivity index (χ1n) is 6.70. The van der Waals surface area contributed by atoms with E-state index in [1.807, 2.05) is 6.92 Å². The first-order valence-corrected chi connectivity index (χ1v) is 7.08. The van der Waals surface area contributed by atoms with Crippen molar-refractivity contribution in [3.63, 3.8) is 0 Å². The van der Waals surface area contributed by atoms with E-state index in [1.54, 1.807) is 6.07 Å². The summed E-state index contributed by atoms with van der Waals surface area (Å²) in [6.45, 7) is 4.86. The molecule has 0 fully saturated rings. The average molecular weight is 294 g/mol. The first kappa shape index (κ1) is 14.7. The molecular formula is C15H17ClFN3. The standard InChI is InChI=1S/C15H17ClFN3/c1-3-5-11-14(19-9-20-15(11)18-4-2)12-8-10(17)6-7-13(12)16/h6-9H,3-5H2,1-2H3,(H,18,19,20). The number of benzene rings is 1. The maximum atomic E-state index is 13.5. The van der Waals surface area contributed by atoms with Gasteiger partial charge in [-0.25, -0.2) is 14.4 Å². The molecule has 5 heteroatoms. The number of nitrogens with one attached hydrogen (secondary N) is 1. The smallest absolute Gasteiger partial charge is 0.133 e. The van der Waals surface area contributed by atoms with Crippen molar-refractivity contribution in [2.75, 3.05) is 11.9 Å². The van der Waals surface area contributed by atoms with Gasteiger partial charge in [-0.1, -0.05) is 24.9 Å². The molecule has 0 spiro atoms. The third kappa shape index (κ3) is 3.07. The third-order valence-corrected chi connectivity index (χ3v) is 3.30. The molecule has 0 unspecified atom stereocenters. The maximum absolute atomic E-state index is 13.5. The molecular weight excluding hydrogens is 277 g/mol. The van der Waals surface area contributed by atoms with Crippen molar-refractivity contribution in [2.45, 2.75) is 26.7 Å². The van der Waals surface area contributed by atoms with Gasteiger partial charge in [0.2, 0.25) is 0 Å². The summed E-state index contributed by atoms with van der Waals surface area (Å²) in [5.74, 6) is 0.468. The van der Waals surface area contributed by atoms with Gasteiger partial charge in [-0.3, -0.25) is 0 Å². The van der Waals surface area contributed by atoms with Gasteiger partial charge in [0.25, 0.3) is 0 Å². The van der Waals surface area contributed by atoms with Crippen LogP contribution in [0.25, 0.3) is 11.3 Å². The summed E-state index contributed by atoms with van der Waals surface area (Å²) in [5.41, 5.74) is 2.28. The molecule has 0 bridgehead atoms. The molecule has 3 nitrogen and oxygen atoms in total. The highest BCUT2D eigenvalue weighted by atomic mass is 35.5. The number of aromatic nitrogens is 2. The molecule has 2 rings (SSSR count). The summed E-state index contributed by atoms with van der Waals surface area (Å²) in [6, 6.07) is 4.31. The largest absolute Gasteiger partial charge is 0.370 e. The molecule has 2 aromatic rings. The molecule has 0 aliphatic rings. The fourth-order valence-electron chi connectivity index (χ4n) is 2.13. The van der Waals surface area contributed by atoms with Crippen LogP contribution in [0, 0.1) is 5.82 Å². The molecule has 1 aromatic heterocycles. The minimum Gasteiger partial charge on any atom is -0.370 e. The van der Waals surface area contributed by atoms with Crippen LogP contribution < -0.4 is 5.32 Å². The highest BCUT2D eigenvalue weighted by Crippen LogP contribution is 2.32. The Balaban J connectivity index is 2.60. The van der Waals surface area contributed by atoms with E-state index in [-0.39, 0.29) is 5.82 Å². The highest BCUT2D eigenvalue weighted by Gasteiger charge is 2.15. The van der Waals surface area contributed by atoms with E-state index < -0.39 is 0 Å². The predicted octanol–water partition coefficient (Wildman–Crippen LogP) is 4.32. The second-order valence-electron chi connectivity index (χ2n) is 4.45. The van der Waals surface area contributed by atoms with Gasteiger partial charge in [-0.05, 0) is 31.5 Å². The van der Waals surface area contributed by atoms with Crippen molar-refractivity contribution in [3.05, 3.63) is 40.9 Å². The lowest BCUT2D eigenvalue weighted by Gasteiger charge is -2.14. The van der Waals surface area contributed by atoms with Crippen LogP contribution in [0.2, 0.25) is 5.02 Å². The summed E-state index contributed by atoms with van der Waals surface area (Å²) in [4.78, 5) is 8.58. The number of nitrogens with zero attached hydrogens (tertiary/aromatic N) is 2. The van der Waals surface area contributed by atoms with Gasteiger partial charge in [0, 0.05) is 17.7 Å². The van der Waals surface area contributed by atoms with Gasteiger partial charge in [0.1, 0.15) is 18.0 Å². The second kappa shape index (κ2) is 6.66. The van der Waals surface area contributed by atoms with E-state index in [0.29, 0.717) is 16.3 Å². The van der Waals surface area contributed by atoms with Crippen LogP contribution >= 0.6 is 11.6 Å². The van der Waals surface area contributed by atoms with Crippen molar-refractivity contribution in [2.24, 2.45) is 0 Å².